The quantitative estimate of drug-likeness (QED) is 0.137. The predicted octanol–water partition coefficient (Wildman–Crippen LogP) is -3.76. The lowest BCUT2D eigenvalue weighted by atomic mass is 10.0. The third kappa shape index (κ3) is 9.86. The van der Waals surface area contributed by atoms with Crippen LogP contribution in [0.3, 0.4) is 0 Å². The fraction of sp³-hybridized carbons (Fsp3) is 0.647. The fourth-order valence-corrected chi connectivity index (χ4v) is 2.28. The molecule has 0 rings (SSSR count). The summed E-state index contributed by atoms with van der Waals surface area (Å²) in [5.41, 5.74) is 10.8. The number of aliphatic hydroxyl groups excluding tert-OH is 1. The molecule has 0 aliphatic carbocycles. The van der Waals surface area contributed by atoms with Crippen LogP contribution in [0, 0.1) is 5.92 Å². The van der Waals surface area contributed by atoms with E-state index in [1.54, 1.807) is 13.8 Å². The maximum absolute atomic E-state index is 12.5. The zero-order valence-corrected chi connectivity index (χ0v) is 17.3. The van der Waals surface area contributed by atoms with E-state index in [0.717, 1.165) is 6.92 Å². The number of carboxylic acids is 2. The van der Waals surface area contributed by atoms with Crippen molar-refractivity contribution in [2.45, 2.75) is 63.9 Å². The Morgan fingerprint density at radius 3 is 1.71 bits per heavy atom. The zero-order valence-electron chi connectivity index (χ0n) is 17.3. The molecule has 0 radical (unpaired) electrons. The summed E-state index contributed by atoms with van der Waals surface area (Å²) < 4.78 is 0. The van der Waals surface area contributed by atoms with Crippen LogP contribution in [0.25, 0.3) is 0 Å². The molecule has 0 saturated heterocycles. The highest BCUT2D eigenvalue weighted by Crippen LogP contribution is 2.03. The molecule has 10 N–H and O–H groups in total. The summed E-state index contributed by atoms with van der Waals surface area (Å²) in [6.45, 7) is 4.41. The zero-order chi connectivity index (χ0) is 24.5. The number of hydrogen-bond acceptors (Lipinski definition) is 8. The highest BCUT2D eigenvalue weighted by atomic mass is 16.4. The second kappa shape index (κ2) is 12.4. The van der Waals surface area contributed by atoms with E-state index in [9.17, 15) is 33.9 Å². The van der Waals surface area contributed by atoms with E-state index in [-0.39, 0.29) is 5.92 Å². The molecule has 0 spiro atoms. The summed E-state index contributed by atoms with van der Waals surface area (Å²) in [7, 11) is 0. The number of carboxylic acid groups (broad SMARTS) is 2. The Labute approximate surface area is 177 Å². The fourth-order valence-electron chi connectivity index (χ4n) is 2.28. The second-order valence-corrected chi connectivity index (χ2v) is 7.23. The van der Waals surface area contributed by atoms with Gasteiger partial charge in [-0.1, -0.05) is 13.8 Å². The lowest BCUT2D eigenvalue weighted by Crippen LogP contribution is -2.60. The van der Waals surface area contributed by atoms with Gasteiger partial charge in [0.25, 0.3) is 0 Å². The summed E-state index contributed by atoms with van der Waals surface area (Å²) in [4.78, 5) is 70.2. The Bertz CT molecular complexity index is 710. The first-order valence-electron chi connectivity index (χ1n) is 9.25. The SMILES string of the molecule is CC(C)C(N)C(=O)NC(CC(N)=O)C(=O)NC(C(=O)NC(CC(=O)O)C(=O)O)C(C)O. The van der Waals surface area contributed by atoms with Crippen molar-refractivity contribution in [2.75, 3.05) is 0 Å². The summed E-state index contributed by atoms with van der Waals surface area (Å²) >= 11 is 0. The maximum Gasteiger partial charge on any atom is 0.326 e. The smallest absolute Gasteiger partial charge is 0.326 e. The van der Waals surface area contributed by atoms with Gasteiger partial charge in [-0.25, -0.2) is 4.79 Å². The molecule has 14 heteroatoms. The number of carbonyl (C=O) groups is 6. The van der Waals surface area contributed by atoms with Crippen LogP contribution in [-0.2, 0) is 28.8 Å². The number of nitrogens with one attached hydrogen (secondary N) is 3. The van der Waals surface area contributed by atoms with E-state index in [4.69, 9.17) is 21.7 Å². The summed E-state index contributed by atoms with van der Waals surface area (Å²) in [5.74, 6) is -7.43. The van der Waals surface area contributed by atoms with Crippen LogP contribution in [0.15, 0.2) is 0 Å². The minimum atomic E-state index is -1.83. The minimum absolute atomic E-state index is 0.296. The number of rotatable bonds is 13. The molecular formula is C17H29N5O9. The third-order valence-electron chi connectivity index (χ3n) is 4.12. The van der Waals surface area contributed by atoms with E-state index in [2.05, 4.69) is 10.6 Å². The second-order valence-electron chi connectivity index (χ2n) is 7.23. The highest BCUT2D eigenvalue weighted by Gasteiger charge is 2.34. The Morgan fingerprint density at radius 2 is 1.32 bits per heavy atom. The molecule has 5 unspecified atom stereocenters. The molecule has 0 fully saturated rings. The molecule has 14 nitrogen and oxygen atoms in total. The molecule has 0 heterocycles. The Balaban J connectivity index is 5.48. The van der Waals surface area contributed by atoms with E-state index < -0.39 is 78.7 Å². The van der Waals surface area contributed by atoms with Crippen molar-refractivity contribution in [3.63, 3.8) is 0 Å². The standard InChI is InChI=1S/C17H29N5O9/c1-6(2)12(19)15(28)20-8(4-10(18)24)14(27)22-13(7(3)23)16(29)21-9(17(30)31)5-11(25)26/h6-9,12-13,23H,4-5,19H2,1-3H3,(H2,18,24)(H,20,28)(H,21,29)(H,22,27)(H,25,26)(H,30,31). The lowest BCUT2D eigenvalue weighted by molar-refractivity contribution is -0.148. The number of aliphatic carboxylic acids is 2. The van der Waals surface area contributed by atoms with Crippen molar-refractivity contribution in [2.24, 2.45) is 17.4 Å². The van der Waals surface area contributed by atoms with Crippen molar-refractivity contribution in [1.82, 2.24) is 16.0 Å². The summed E-state index contributed by atoms with van der Waals surface area (Å²) in [5, 5.41) is 33.8. The molecule has 176 valence electrons. The largest absolute Gasteiger partial charge is 0.481 e. The molecule has 31 heavy (non-hydrogen) atoms. The topological polar surface area (TPSA) is 251 Å². The normalized spacial score (nSPS) is 15.7. The van der Waals surface area contributed by atoms with Crippen molar-refractivity contribution in [3.05, 3.63) is 0 Å². The van der Waals surface area contributed by atoms with Crippen LogP contribution in [0.1, 0.15) is 33.6 Å². The molecule has 0 aromatic carbocycles. The Morgan fingerprint density at radius 1 is 0.806 bits per heavy atom. The van der Waals surface area contributed by atoms with Crippen LogP contribution in [0.2, 0.25) is 0 Å². The summed E-state index contributed by atoms with van der Waals surface area (Å²) in [6, 6.07) is -6.09. The van der Waals surface area contributed by atoms with Gasteiger partial charge in [-0.05, 0) is 12.8 Å². The van der Waals surface area contributed by atoms with Gasteiger partial charge >= 0.3 is 11.9 Å². The van der Waals surface area contributed by atoms with Crippen molar-refractivity contribution in [1.29, 1.82) is 0 Å². The lowest BCUT2D eigenvalue weighted by Gasteiger charge is -2.26. The van der Waals surface area contributed by atoms with Crippen LogP contribution >= 0.6 is 0 Å². The van der Waals surface area contributed by atoms with Gasteiger partial charge < -0.3 is 42.7 Å². The van der Waals surface area contributed by atoms with Crippen LogP contribution in [-0.4, -0.2) is 81.2 Å². The van der Waals surface area contributed by atoms with Crippen molar-refractivity contribution in [3.8, 4) is 0 Å². The van der Waals surface area contributed by atoms with Gasteiger partial charge in [0, 0.05) is 0 Å². The molecule has 0 aromatic rings. The molecule has 0 saturated carbocycles. The first-order chi connectivity index (χ1) is 14.2. The molecule has 0 aliphatic rings. The number of nitrogens with two attached hydrogens (primary N) is 2. The average molecular weight is 447 g/mol. The number of carbonyl (C=O) groups excluding carboxylic acids is 4. The van der Waals surface area contributed by atoms with E-state index in [1.807, 2.05) is 5.32 Å². The predicted molar refractivity (Wildman–Crippen MR) is 104 cm³/mol. The number of amides is 4. The first-order valence-corrected chi connectivity index (χ1v) is 9.25. The molecule has 0 bridgehead atoms. The number of aliphatic hydroxyl groups is 1. The molecular weight excluding hydrogens is 418 g/mol. The van der Waals surface area contributed by atoms with Gasteiger partial charge in [0.05, 0.1) is 25.0 Å². The van der Waals surface area contributed by atoms with Crippen LogP contribution in [0.4, 0.5) is 0 Å². The Kier molecular flexibility index (Phi) is 11.1. The third-order valence-corrected chi connectivity index (χ3v) is 4.12. The monoisotopic (exact) mass is 447 g/mol. The van der Waals surface area contributed by atoms with E-state index in [0.29, 0.717) is 0 Å². The highest BCUT2D eigenvalue weighted by molar-refractivity contribution is 5.96. The number of primary amides is 1. The Hall–Kier alpha value is -3.26. The van der Waals surface area contributed by atoms with Crippen LogP contribution in [0.5, 0.6) is 0 Å². The van der Waals surface area contributed by atoms with Crippen LogP contribution < -0.4 is 27.4 Å². The van der Waals surface area contributed by atoms with Gasteiger partial charge in [0.2, 0.25) is 23.6 Å². The van der Waals surface area contributed by atoms with Gasteiger partial charge in [-0.3, -0.25) is 24.0 Å². The van der Waals surface area contributed by atoms with Gasteiger partial charge in [0.1, 0.15) is 18.1 Å². The molecule has 0 aromatic heterocycles. The maximum atomic E-state index is 12.5. The molecule has 0 aliphatic heterocycles. The average Bonchev–Trinajstić information content (AvgIpc) is 2.62. The van der Waals surface area contributed by atoms with Crippen molar-refractivity contribution >= 4 is 35.6 Å². The van der Waals surface area contributed by atoms with E-state index >= 15 is 0 Å². The van der Waals surface area contributed by atoms with Crippen molar-refractivity contribution < 1.29 is 44.1 Å². The van der Waals surface area contributed by atoms with Gasteiger partial charge in [-0.15, -0.1) is 0 Å². The first kappa shape index (κ1) is 27.7. The molecule has 5 atom stereocenters. The summed E-state index contributed by atoms with van der Waals surface area (Å²) in [6.07, 6.45) is -3.14. The van der Waals surface area contributed by atoms with E-state index in [1.165, 1.54) is 0 Å². The minimum Gasteiger partial charge on any atom is -0.481 e. The number of hydrogen-bond donors (Lipinski definition) is 8. The van der Waals surface area contributed by atoms with Gasteiger partial charge in [-0.2, -0.15) is 0 Å². The van der Waals surface area contributed by atoms with Gasteiger partial charge in [0.15, 0.2) is 0 Å². The molecule has 4 amide bonds.